The van der Waals surface area contributed by atoms with Crippen molar-refractivity contribution < 1.29 is 13.2 Å². The molecule has 9 nitrogen and oxygen atoms in total. The van der Waals surface area contributed by atoms with Gasteiger partial charge in [0.2, 0.25) is 15.7 Å². The molecule has 2 heterocycles. The molecule has 3 aromatic rings. The maximum Gasteiger partial charge on any atom is 0.232 e. The predicted molar refractivity (Wildman–Crippen MR) is 128 cm³/mol. The summed E-state index contributed by atoms with van der Waals surface area (Å²) in [5.41, 5.74) is 2.53. The van der Waals surface area contributed by atoms with Gasteiger partial charge in [0.1, 0.15) is 11.6 Å². The molecule has 0 saturated heterocycles. The van der Waals surface area contributed by atoms with Crippen LogP contribution in [0.15, 0.2) is 18.2 Å². The van der Waals surface area contributed by atoms with Crippen molar-refractivity contribution in [1.29, 1.82) is 0 Å². The molecule has 3 rings (SSSR count). The number of rotatable bonds is 12. The van der Waals surface area contributed by atoms with Gasteiger partial charge in [-0.2, -0.15) is 0 Å². The minimum atomic E-state index is -3.38. The van der Waals surface area contributed by atoms with Crippen molar-refractivity contribution in [3.05, 3.63) is 24.0 Å². The first-order valence-corrected chi connectivity index (χ1v) is 12.8. The van der Waals surface area contributed by atoms with Gasteiger partial charge in [-0.3, -0.25) is 13.9 Å². The molecule has 0 atom stereocenters. The second-order valence-electron chi connectivity index (χ2n) is 8.45. The number of unbranched alkanes of at least 4 members (excludes halogenated alkanes) is 2. The summed E-state index contributed by atoms with van der Waals surface area (Å²) < 4.78 is 28.3. The van der Waals surface area contributed by atoms with Crippen LogP contribution in [0.4, 0.5) is 11.5 Å². The number of aryl methyl sites for hydroxylation is 1. The summed E-state index contributed by atoms with van der Waals surface area (Å²) in [6, 6.07) is 5.24. The monoisotopic (exact) mass is 460 g/mol. The first kappa shape index (κ1) is 23.9. The Labute approximate surface area is 189 Å². The van der Waals surface area contributed by atoms with Crippen molar-refractivity contribution in [2.45, 2.75) is 59.8 Å². The zero-order chi connectivity index (χ0) is 23.3. The highest BCUT2D eigenvalue weighted by atomic mass is 32.2. The number of hydrogen-bond donors (Lipinski definition) is 2. The van der Waals surface area contributed by atoms with Crippen LogP contribution in [-0.2, 0) is 14.8 Å². The van der Waals surface area contributed by atoms with E-state index in [0.717, 1.165) is 30.6 Å². The molecule has 0 radical (unpaired) electrons. The maximum absolute atomic E-state index is 11.9. The fourth-order valence-corrected chi connectivity index (χ4v) is 4.23. The standard InChI is InChI=1S/C22H32N6O3S/c1-5-32(30,31)27-17-10-11-20-19(14-17)24-21(22-26-25-16(4)28(20)22)23-12-8-6-7-9-18(29)13-15(2)3/h10-11,14-15,27H,5-9,12-13H2,1-4H3,(H,23,24). The second-order valence-corrected chi connectivity index (χ2v) is 10.5. The maximum atomic E-state index is 11.9. The smallest absolute Gasteiger partial charge is 0.232 e. The lowest BCUT2D eigenvalue weighted by Gasteiger charge is -2.12. The Morgan fingerprint density at radius 2 is 1.94 bits per heavy atom. The lowest BCUT2D eigenvalue weighted by atomic mass is 10.0. The zero-order valence-corrected chi connectivity index (χ0v) is 20.0. The number of aromatic nitrogens is 4. The van der Waals surface area contributed by atoms with E-state index in [4.69, 9.17) is 0 Å². The van der Waals surface area contributed by atoms with Crippen LogP contribution >= 0.6 is 0 Å². The summed E-state index contributed by atoms with van der Waals surface area (Å²) in [5.74, 6) is 2.07. The summed E-state index contributed by atoms with van der Waals surface area (Å²) in [7, 11) is -3.38. The second kappa shape index (κ2) is 10.2. The van der Waals surface area contributed by atoms with E-state index in [1.165, 1.54) is 0 Å². The van der Waals surface area contributed by atoms with Crippen LogP contribution in [0.3, 0.4) is 0 Å². The number of nitrogens with zero attached hydrogens (tertiary/aromatic N) is 4. The van der Waals surface area contributed by atoms with E-state index >= 15 is 0 Å². The Morgan fingerprint density at radius 3 is 2.66 bits per heavy atom. The number of Topliss-reactive ketones (excluding diaryl/α,β-unsaturated/α-hetero) is 1. The molecule has 0 aliphatic carbocycles. The number of hydrogen-bond acceptors (Lipinski definition) is 7. The van der Waals surface area contributed by atoms with E-state index in [0.29, 0.717) is 53.8 Å². The van der Waals surface area contributed by atoms with Crippen molar-refractivity contribution >= 4 is 44.0 Å². The third-order valence-electron chi connectivity index (χ3n) is 5.20. The minimum Gasteiger partial charge on any atom is -0.367 e. The van der Waals surface area contributed by atoms with Gasteiger partial charge in [0.15, 0.2) is 5.82 Å². The summed E-state index contributed by atoms with van der Waals surface area (Å²) in [4.78, 5) is 16.5. The molecule has 0 bridgehead atoms. The van der Waals surface area contributed by atoms with Gasteiger partial charge in [-0.15, -0.1) is 10.2 Å². The summed E-state index contributed by atoms with van der Waals surface area (Å²) in [6.45, 7) is 8.28. The van der Waals surface area contributed by atoms with Gasteiger partial charge < -0.3 is 5.32 Å². The number of carbonyl (C=O) groups is 1. The molecule has 2 aromatic heterocycles. The fraction of sp³-hybridized carbons (Fsp3) is 0.545. The molecular weight excluding hydrogens is 428 g/mol. The van der Waals surface area contributed by atoms with E-state index in [1.54, 1.807) is 19.1 Å². The normalized spacial score (nSPS) is 12.0. The molecule has 10 heteroatoms. The Balaban J connectivity index is 1.72. The van der Waals surface area contributed by atoms with E-state index in [9.17, 15) is 13.2 Å². The zero-order valence-electron chi connectivity index (χ0n) is 19.2. The highest BCUT2D eigenvalue weighted by Gasteiger charge is 2.14. The topological polar surface area (TPSA) is 118 Å². The van der Waals surface area contributed by atoms with Crippen molar-refractivity contribution in [1.82, 2.24) is 19.6 Å². The Morgan fingerprint density at radius 1 is 1.16 bits per heavy atom. The van der Waals surface area contributed by atoms with Gasteiger partial charge in [0.25, 0.3) is 0 Å². The molecule has 174 valence electrons. The Kier molecular flexibility index (Phi) is 7.65. The van der Waals surface area contributed by atoms with Crippen molar-refractivity contribution in [2.24, 2.45) is 5.92 Å². The highest BCUT2D eigenvalue weighted by molar-refractivity contribution is 7.92. The summed E-state index contributed by atoms with van der Waals surface area (Å²) in [6.07, 6.45) is 4.04. The SMILES string of the molecule is CCS(=O)(=O)Nc1ccc2c(c1)nc(NCCCCCC(=O)CC(C)C)c1nnc(C)n12. The highest BCUT2D eigenvalue weighted by Crippen LogP contribution is 2.25. The van der Waals surface area contributed by atoms with Crippen LogP contribution in [0.25, 0.3) is 16.7 Å². The number of fused-ring (bicyclic) bond motifs is 3. The first-order chi connectivity index (χ1) is 15.2. The van der Waals surface area contributed by atoms with E-state index in [-0.39, 0.29) is 5.75 Å². The fourth-order valence-electron chi connectivity index (χ4n) is 3.60. The third kappa shape index (κ3) is 5.93. The molecule has 0 fully saturated rings. The van der Waals surface area contributed by atoms with Gasteiger partial charge in [0.05, 0.1) is 22.5 Å². The van der Waals surface area contributed by atoms with Gasteiger partial charge in [-0.1, -0.05) is 20.3 Å². The van der Waals surface area contributed by atoms with Crippen LogP contribution in [0.5, 0.6) is 0 Å². The molecule has 32 heavy (non-hydrogen) atoms. The van der Waals surface area contributed by atoms with Gasteiger partial charge in [-0.05, 0) is 50.8 Å². The molecule has 0 spiro atoms. The molecule has 0 aliphatic rings. The Hall–Kier alpha value is -2.75. The van der Waals surface area contributed by atoms with Crippen LogP contribution < -0.4 is 10.0 Å². The molecule has 0 unspecified atom stereocenters. The largest absolute Gasteiger partial charge is 0.367 e. The number of anilines is 2. The van der Waals surface area contributed by atoms with Crippen LogP contribution in [0.2, 0.25) is 0 Å². The number of carbonyl (C=O) groups excluding carboxylic acids is 1. The van der Waals surface area contributed by atoms with Gasteiger partial charge in [-0.25, -0.2) is 13.4 Å². The number of benzene rings is 1. The Bertz CT molecular complexity index is 1200. The average molecular weight is 461 g/mol. The van der Waals surface area contributed by atoms with E-state index < -0.39 is 10.0 Å². The molecule has 0 saturated carbocycles. The lowest BCUT2D eigenvalue weighted by Crippen LogP contribution is -2.14. The average Bonchev–Trinajstić information content (AvgIpc) is 3.11. The molecule has 2 N–H and O–H groups in total. The number of nitrogens with one attached hydrogen (secondary N) is 2. The van der Waals surface area contributed by atoms with Crippen LogP contribution in [0, 0.1) is 12.8 Å². The van der Waals surface area contributed by atoms with Crippen LogP contribution in [0.1, 0.15) is 58.7 Å². The van der Waals surface area contributed by atoms with Crippen LogP contribution in [-0.4, -0.2) is 46.1 Å². The lowest BCUT2D eigenvalue weighted by molar-refractivity contribution is -0.119. The molecule has 0 amide bonds. The molecule has 0 aliphatic heterocycles. The molecule has 1 aromatic carbocycles. The van der Waals surface area contributed by atoms with Gasteiger partial charge in [0, 0.05) is 19.4 Å². The van der Waals surface area contributed by atoms with Crippen molar-refractivity contribution in [3.63, 3.8) is 0 Å². The molecular formula is C22H32N6O3S. The summed E-state index contributed by atoms with van der Waals surface area (Å²) >= 11 is 0. The number of sulfonamides is 1. The van der Waals surface area contributed by atoms with E-state index in [1.807, 2.05) is 17.4 Å². The van der Waals surface area contributed by atoms with Crippen molar-refractivity contribution in [2.75, 3.05) is 22.3 Å². The number of ketones is 1. The first-order valence-electron chi connectivity index (χ1n) is 11.1. The summed E-state index contributed by atoms with van der Waals surface area (Å²) in [5, 5.41) is 11.8. The van der Waals surface area contributed by atoms with E-state index in [2.05, 4.69) is 39.1 Å². The third-order valence-corrected chi connectivity index (χ3v) is 6.51. The predicted octanol–water partition coefficient (Wildman–Crippen LogP) is 3.94. The van der Waals surface area contributed by atoms with Gasteiger partial charge >= 0.3 is 0 Å². The minimum absolute atomic E-state index is 0.00206. The van der Waals surface area contributed by atoms with Crippen molar-refractivity contribution in [3.8, 4) is 0 Å². The quantitative estimate of drug-likeness (QED) is 0.393.